The van der Waals surface area contributed by atoms with Crippen molar-refractivity contribution in [1.82, 2.24) is 5.32 Å². The van der Waals surface area contributed by atoms with Gasteiger partial charge in [-0.2, -0.15) is 11.8 Å². The van der Waals surface area contributed by atoms with Crippen LogP contribution in [0, 0.1) is 6.92 Å². The second kappa shape index (κ2) is 8.74. The number of hydrogen-bond donors (Lipinski definition) is 2. The van der Waals surface area contributed by atoms with E-state index in [9.17, 15) is 9.59 Å². The standard InChI is InChI=1S/C17H20N2O2S2/c1-12-3-5-14(6-4-12)11-22-10-9-18-17(21)15-7-8-16(23-15)19-13(2)20/h3-8H,9-11H2,1-2H3,(H,18,21)(H,19,20). The number of amides is 2. The monoisotopic (exact) mass is 348 g/mol. The number of anilines is 1. The third kappa shape index (κ3) is 6.08. The number of aryl methyl sites for hydroxylation is 1. The molecule has 1 aromatic heterocycles. The maximum Gasteiger partial charge on any atom is 0.261 e. The van der Waals surface area contributed by atoms with Gasteiger partial charge in [-0.15, -0.1) is 11.3 Å². The molecular weight excluding hydrogens is 328 g/mol. The van der Waals surface area contributed by atoms with Crippen molar-refractivity contribution in [3.05, 3.63) is 52.4 Å². The highest BCUT2D eigenvalue weighted by Gasteiger charge is 2.09. The molecule has 0 radical (unpaired) electrons. The van der Waals surface area contributed by atoms with Gasteiger partial charge in [0.05, 0.1) is 9.88 Å². The van der Waals surface area contributed by atoms with Gasteiger partial charge in [-0.25, -0.2) is 0 Å². The maximum absolute atomic E-state index is 12.0. The normalized spacial score (nSPS) is 10.3. The van der Waals surface area contributed by atoms with E-state index < -0.39 is 0 Å². The lowest BCUT2D eigenvalue weighted by Gasteiger charge is -2.04. The fraction of sp³-hybridized carbons (Fsp3) is 0.294. The van der Waals surface area contributed by atoms with Gasteiger partial charge < -0.3 is 10.6 Å². The molecule has 2 rings (SSSR count). The summed E-state index contributed by atoms with van der Waals surface area (Å²) in [6.45, 7) is 4.15. The molecule has 0 aliphatic carbocycles. The number of hydrogen-bond acceptors (Lipinski definition) is 4. The first-order valence-corrected chi connectivity index (χ1v) is 9.30. The maximum atomic E-state index is 12.0. The topological polar surface area (TPSA) is 58.2 Å². The Morgan fingerprint density at radius 1 is 1.13 bits per heavy atom. The minimum Gasteiger partial charge on any atom is -0.351 e. The lowest BCUT2D eigenvalue weighted by Crippen LogP contribution is -2.24. The Hall–Kier alpha value is -1.79. The zero-order valence-electron chi connectivity index (χ0n) is 13.2. The molecular formula is C17H20N2O2S2. The summed E-state index contributed by atoms with van der Waals surface area (Å²) < 4.78 is 0. The molecule has 2 amide bonds. The van der Waals surface area contributed by atoms with Crippen LogP contribution in [0.25, 0.3) is 0 Å². The summed E-state index contributed by atoms with van der Waals surface area (Å²) in [5.41, 5.74) is 2.56. The Kier molecular flexibility index (Phi) is 6.67. The number of thioether (sulfide) groups is 1. The van der Waals surface area contributed by atoms with Gasteiger partial charge in [0.25, 0.3) is 5.91 Å². The molecule has 1 heterocycles. The third-order valence-corrected chi connectivity index (χ3v) is 5.08. The Labute approximate surface area is 144 Å². The predicted molar refractivity (Wildman–Crippen MR) is 98.3 cm³/mol. The molecule has 0 unspecified atom stereocenters. The summed E-state index contributed by atoms with van der Waals surface area (Å²) in [4.78, 5) is 23.6. The molecule has 0 aliphatic heterocycles. The third-order valence-electron chi connectivity index (χ3n) is 3.05. The summed E-state index contributed by atoms with van der Waals surface area (Å²) in [5.74, 6) is 1.58. The van der Waals surface area contributed by atoms with Gasteiger partial charge in [0.1, 0.15) is 0 Å². The van der Waals surface area contributed by atoms with Gasteiger partial charge in [0.2, 0.25) is 5.91 Å². The average molecular weight is 348 g/mol. The van der Waals surface area contributed by atoms with E-state index >= 15 is 0 Å². The van der Waals surface area contributed by atoms with Crippen molar-refractivity contribution < 1.29 is 9.59 Å². The van der Waals surface area contributed by atoms with Gasteiger partial charge in [0.15, 0.2) is 0 Å². The minimum absolute atomic E-state index is 0.0949. The molecule has 0 saturated heterocycles. The summed E-state index contributed by atoms with van der Waals surface area (Å²) in [7, 11) is 0. The Bertz CT molecular complexity index is 665. The number of thiophene rings is 1. The average Bonchev–Trinajstić information content (AvgIpc) is 2.96. The van der Waals surface area contributed by atoms with Crippen LogP contribution in [-0.2, 0) is 10.5 Å². The summed E-state index contributed by atoms with van der Waals surface area (Å²) in [5, 5.41) is 6.26. The highest BCUT2D eigenvalue weighted by Crippen LogP contribution is 2.21. The second-order valence-electron chi connectivity index (χ2n) is 5.14. The van der Waals surface area contributed by atoms with Crippen LogP contribution in [-0.4, -0.2) is 24.1 Å². The van der Waals surface area contributed by atoms with E-state index in [2.05, 4.69) is 41.8 Å². The SMILES string of the molecule is CC(=O)Nc1ccc(C(=O)NCCSCc2ccc(C)cc2)s1. The molecule has 0 saturated carbocycles. The molecule has 0 fully saturated rings. The molecule has 0 spiro atoms. The molecule has 1 aromatic carbocycles. The van der Waals surface area contributed by atoms with Gasteiger partial charge in [-0.3, -0.25) is 9.59 Å². The zero-order chi connectivity index (χ0) is 16.7. The largest absolute Gasteiger partial charge is 0.351 e. The van der Waals surface area contributed by atoms with Crippen LogP contribution in [0.15, 0.2) is 36.4 Å². The molecule has 6 heteroatoms. The van der Waals surface area contributed by atoms with E-state index in [1.807, 2.05) is 0 Å². The van der Waals surface area contributed by atoms with Gasteiger partial charge in [0, 0.05) is 25.0 Å². The molecule has 4 nitrogen and oxygen atoms in total. The van der Waals surface area contributed by atoms with Crippen LogP contribution < -0.4 is 10.6 Å². The first-order valence-electron chi connectivity index (χ1n) is 7.33. The fourth-order valence-electron chi connectivity index (χ4n) is 1.90. The minimum atomic E-state index is -0.133. The molecule has 2 aromatic rings. The summed E-state index contributed by atoms with van der Waals surface area (Å²) in [6.07, 6.45) is 0. The van der Waals surface area contributed by atoms with E-state index in [1.165, 1.54) is 29.4 Å². The van der Waals surface area contributed by atoms with Crippen LogP contribution in [0.5, 0.6) is 0 Å². The van der Waals surface area contributed by atoms with Gasteiger partial charge >= 0.3 is 0 Å². The van der Waals surface area contributed by atoms with Crippen molar-refractivity contribution >= 4 is 39.9 Å². The zero-order valence-corrected chi connectivity index (χ0v) is 14.9. The van der Waals surface area contributed by atoms with Crippen molar-refractivity contribution in [1.29, 1.82) is 0 Å². The van der Waals surface area contributed by atoms with Gasteiger partial charge in [-0.05, 0) is 24.6 Å². The molecule has 23 heavy (non-hydrogen) atoms. The number of benzene rings is 1. The van der Waals surface area contributed by atoms with Crippen molar-refractivity contribution in [3.8, 4) is 0 Å². The Morgan fingerprint density at radius 2 is 1.87 bits per heavy atom. The van der Waals surface area contributed by atoms with Crippen molar-refractivity contribution in [3.63, 3.8) is 0 Å². The number of carbonyl (C=O) groups excluding carboxylic acids is 2. The number of nitrogens with one attached hydrogen (secondary N) is 2. The molecule has 0 bridgehead atoms. The van der Waals surface area contributed by atoms with Crippen LogP contribution in [0.2, 0.25) is 0 Å². The van der Waals surface area contributed by atoms with E-state index in [4.69, 9.17) is 0 Å². The molecule has 0 atom stereocenters. The van der Waals surface area contributed by atoms with Crippen molar-refractivity contribution in [2.45, 2.75) is 19.6 Å². The fourth-order valence-corrected chi connectivity index (χ4v) is 3.59. The molecule has 2 N–H and O–H groups in total. The summed E-state index contributed by atoms with van der Waals surface area (Å²) in [6, 6.07) is 12.0. The molecule has 122 valence electrons. The predicted octanol–water partition coefficient (Wildman–Crippen LogP) is 3.68. The van der Waals surface area contributed by atoms with Crippen LogP contribution in [0.3, 0.4) is 0 Å². The van der Waals surface area contributed by atoms with Crippen LogP contribution in [0.1, 0.15) is 27.7 Å². The summed E-state index contributed by atoms with van der Waals surface area (Å²) >= 11 is 3.08. The van der Waals surface area contributed by atoms with E-state index in [1.54, 1.807) is 23.9 Å². The highest BCUT2D eigenvalue weighted by molar-refractivity contribution is 7.98. The quantitative estimate of drug-likeness (QED) is 0.751. The first kappa shape index (κ1) is 17.6. The lowest BCUT2D eigenvalue weighted by atomic mass is 10.2. The van der Waals surface area contributed by atoms with E-state index in [-0.39, 0.29) is 11.8 Å². The molecule has 0 aliphatic rings. The number of rotatable bonds is 7. The van der Waals surface area contributed by atoms with Crippen molar-refractivity contribution in [2.75, 3.05) is 17.6 Å². The number of carbonyl (C=O) groups is 2. The lowest BCUT2D eigenvalue weighted by molar-refractivity contribution is -0.114. The van der Waals surface area contributed by atoms with E-state index in [0.717, 1.165) is 11.5 Å². The van der Waals surface area contributed by atoms with Crippen LogP contribution >= 0.6 is 23.1 Å². The van der Waals surface area contributed by atoms with Crippen molar-refractivity contribution in [2.24, 2.45) is 0 Å². The van der Waals surface area contributed by atoms with Gasteiger partial charge in [-0.1, -0.05) is 29.8 Å². The van der Waals surface area contributed by atoms with E-state index in [0.29, 0.717) is 16.4 Å². The first-order chi connectivity index (χ1) is 11.0. The Balaban J connectivity index is 1.67. The highest BCUT2D eigenvalue weighted by atomic mass is 32.2. The van der Waals surface area contributed by atoms with Crippen LogP contribution in [0.4, 0.5) is 5.00 Å². The Morgan fingerprint density at radius 3 is 2.57 bits per heavy atom. The smallest absolute Gasteiger partial charge is 0.261 e. The second-order valence-corrected chi connectivity index (χ2v) is 7.33.